The summed E-state index contributed by atoms with van der Waals surface area (Å²) >= 11 is 6.33. The van der Waals surface area contributed by atoms with Crippen LogP contribution < -0.4 is 14.9 Å². The van der Waals surface area contributed by atoms with Gasteiger partial charge in [0, 0.05) is 42.9 Å². The van der Waals surface area contributed by atoms with E-state index in [4.69, 9.17) is 11.6 Å². The molecule has 0 unspecified atom stereocenters. The van der Waals surface area contributed by atoms with Gasteiger partial charge >= 0.3 is 0 Å². The first kappa shape index (κ1) is 20.7. The number of hydrogen-bond acceptors (Lipinski definition) is 3. The van der Waals surface area contributed by atoms with Crippen molar-refractivity contribution in [1.29, 1.82) is 0 Å². The van der Waals surface area contributed by atoms with E-state index in [9.17, 15) is 4.21 Å². The van der Waals surface area contributed by atoms with Gasteiger partial charge in [-0.1, -0.05) is 25.4 Å². The van der Waals surface area contributed by atoms with E-state index >= 15 is 0 Å². The van der Waals surface area contributed by atoms with Crippen molar-refractivity contribution in [3.8, 4) is 0 Å². The highest BCUT2D eigenvalue weighted by atomic mass is 35.5. The van der Waals surface area contributed by atoms with Crippen molar-refractivity contribution >= 4 is 28.3 Å². The Balaban J connectivity index is 2.37. The van der Waals surface area contributed by atoms with E-state index in [0.29, 0.717) is 5.92 Å². The van der Waals surface area contributed by atoms with E-state index in [2.05, 4.69) is 34.9 Å². The average Bonchev–Trinajstić information content (AvgIpc) is 2.53. The number of nitrogens with one attached hydrogen (secondary N) is 2. The maximum Gasteiger partial charge on any atom is 0.0975 e. The molecule has 0 radical (unpaired) electrons. The van der Waals surface area contributed by atoms with Gasteiger partial charge in [0.1, 0.15) is 0 Å². The molecule has 0 spiro atoms. The highest BCUT2D eigenvalue weighted by Gasteiger charge is 2.27. The number of rotatable bonds is 6. The maximum absolute atomic E-state index is 12.7. The fourth-order valence-corrected chi connectivity index (χ4v) is 4.03. The highest BCUT2D eigenvalue weighted by molar-refractivity contribution is 7.84. The first-order chi connectivity index (χ1) is 11.7. The lowest BCUT2D eigenvalue weighted by molar-refractivity contribution is 0.478. The van der Waals surface area contributed by atoms with E-state index in [1.54, 1.807) is 0 Å². The van der Waals surface area contributed by atoms with Gasteiger partial charge in [0.25, 0.3) is 0 Å². The monoisotopic (exact) mass is 385 g/mol. The van der Waals surface area contributed by atoms with E-state index in [1.165, 1.54) is 5.69 Å². The molecular weight excluding hydrogens is 354 g/mol. The zero-order valence-electron chi connectivity index (χ0n) is 16.1. The van der Waals surface area contributed by atoms with Crippen molar-refractivity contribution in [2.75, 3.05) is 31.1 Å². The van der Waals surface area contributed by atoms with E-state index < -0.39 is 11.0 Å². The molecule has 1 aromatic rings. The van der Waals surface area contributed by atoms with E-state index in [-0.39, 0.29) is 10.8 Å². The standard InChI is InChI=1S/C19H32ClN3OS/c1-14(2)12-17(22-25(24)19(3,4)5)16-13-15(20)6-7-18(16)23-10-8-21-9-11-23/h6-7,13-14,17,21-22H,8-12H2,1-5H3/t17-,25-/m0/s1. The van der Waals surface area contributed by atoms with Crippen LogP contribution in [0.1, 0.15) is 52.6 Å². The largest absolute Gasteiger partial charge is 0.369 e. The van der Waals surface area contributed by atoms with Gasteiger partial charge < -0.3 is 10.2 Å². The molecule has 0 bridgehead atoms. The first-order valence-corrected chi connectivity index (χ1v) is 10.6. The lowest BCUT2D eigenvalue weighted by atomic mass is 9.96. The highest BCUT2D eigenvalue weighted by Crippen LogP contribution is 2.34. The summed E-state index contributed by atoms with van der Waals surface area (Å²) in [5.41, 5.74) is 2.36. The normalized spacial score (nSPS) is 18.4. The summed E-state index contributed by atoms with van der Waals surface area (Å²) in [6.45, 7) is 14.3. The quantitative estimate of drug-likeness (QED) is 0.780. The fraction of sp³-hybridized carbons (Fsp3) is 0.684. The molecule has 2 atom stereocenters. The minimum atomic E-state index is -1.13. The number of nitrogens with zero attached hydrogens (tertiary/aromatic N) is 1. The summed E-state index contributed by atoms with van der Waals surface area (Å²) in [7, 11) is -1.13. The summed E-state index contributed by atoms with van der Waals surface area (Å²) in [5.74, 6) is 0.490. The van der Waals surface area contributed by atoms with Crippen LogP contribution in [0.3, 0.4) is 0 Å². The molecule has 0 amide bonds. The molecule has 6 heteroatoms. The van der Waals surface area contributed by atoms with Gasteiger partial charge in [-0.2, -0.15) is 0 Å². The first-order valence-electron chi connectivity index (χ1n) is 9.11. The molecule has 1 fully saturated rings. The Hall–Kier alpha value is -0.620. The number of halogens is 1. The summed E-state index contributed by atoms with van der Waals surface area (Å²) < 4.78 is 15.8. The molecular formula is C19H32ClN3OS. The average molecular weight is 386 g/mol. The molecule has 142 valence electrons. The predicted octanol–water partition coefficient (Wildman–Crippen LogP) is 3.89. The number of benzene rings is 1. The van der Waals surface area contributed by atoms with Crippen molar-refractivity contribution in [3.63, 3.8) is 0 Å². The summed E-state index contributed by atoms with van der Waals surface area (Å²) in [6.07, 6.45) is 0.918. The topological polar surface area (TPSA) is 44.4 Å². The molecule has 1 aliphatic rings. The fourth-order valence-electron chi connectivity index (χ4n) is 3.01. The van der Waals surface area contributed by atoms with Crippen molar-refractivity contribution < 1.29 is 4.21 Å². The van der Waals surface area contributed by atoms with Gasteiger partial charge in [-0.05, 0) is 56.9 Å². The van der Waals surface area contributed by atoms with Crippen LogP contribution >= 0.6 is 11.6 Å². The van der Waals surface area contributed by atoms with Crippen LogP contribution in [0.25, 0.3) is 0 Å². The Labute approximate surface area is 160 Å². The molecule has 0 aliphatic carbocycles. The molecule has 1 aliphatic heterocycles. The van der Waals surface area contributed by atoms with Crippen LogP contribution in [0.5, 0.6) is 0 Å². The third-order valence-corrected chi connectivity index (χ3v) is 6.18. The van der Waals surface area contributed by atoms with Crippen LogP contribution in [0.4, 0.5) is 5.69 Å². The molecule has 2 rings (SSSR count). The third-order valence-electron chi connectivity index (χ3n) is 4.34. The molecule has 1 saturated heterocycles. The molecule has 1 heterocycles. The van der Waals surface area contributed by atoms with Crippen molar-refractivity contribution in [3.05, 3.63) is 28.8 Å². The molecule has 1 aromatic carbocycles. The third kappa shape index (κ3) is 5.95. The second kappa shape index (κ2) is 8.85. The van der Waals surface area contributed by atoms with E-state index in [0.717, 1.165) is 43.2 Å². The number of piperazine rings is 1. The predicted molar refractivity (Wildman–Crippen MR) is 110 cm³/mol. The number of hydrogen-bond donors (Lipinski definition) is 2. The smallest absolute Gasteiger partial charge is 0.0975 e. The van der Waals surface area contributed by atoms with Crippen molar-refractivity contribution in [2.45, 2.75) is 51.8 Å². The lowest BCUT2D eigenvalue weighted by Crippen LogP contribution is -2.44. The second-order valence-corrected chi connectivity index (χ2v) is 10.6. The van der Waals surface area contributed by atoms with Crippen molar-refractivity contribution in [1.82, 2.24) is 10.0 Å². The van der Waals surface area contributed by atoms with E-state index in [1.807, 2.05) is 32.9 Å². The molecule has 0 saturated carbocycles. The molecule has 25 heavy (non-hydrogen) atoms. The summed E-state index contributed by atoms with van der Waals surface area (Å²) in [6, 6.07) is 6.12. The van der Waals surface area contributed by atoms with Crippen LogP contribution in [0.2, 0.25) is 5.02 Å². The van der Waals surface area contributed by atoms with Crippen molar-refractivity contribution in [2.24, 2.45) is 5.92 Å². The Bertz CT molecular complexity index is 595. The minimum absolute atomic E-state index is 0.0173. The zero-order chi connectivity index (χ0) is 18.6. The Kier molecular flexibility index (Phi) is 7.32. The lowest BCUT2D eigenvalue weighted by Gasteiger charge is -2.34. The summed E-state index contributed by atoms with van der Waals surface area (Å²) in [5, 5.41) is 4.12. The maximum atomic E-state index is 12.7. The SMILES string of the molecule is CC(C)C[C@H](N[S@@](=O)C(C)(C)C)c1cc(Cl)ccc1N1CCNCC1. The minimum Gasteiger partial charge on any atom is -0.369 e. The second-order valence-electron chi connectivity index (χ2n) is 8.12. The molecule has 4 nitrogen and oxygen atoms in total. The number of anilines is 1. The van der Waals surface area contributed by atoms with Gasteiger partial charge in [0.15, 0.2) is 0 Å². The summed E-state index contributed by atoms with van der Waals surface area (Å²) in [4.78, 5) is 2.40. The van der Waals surface area contributed by atoms with Crippen LogP contribution in [-0.2, 0) is 11.0 Å². The van der Waals surface area contributed by atoms with Gasteiger partial charge in [-0.25, -0.2) is 8.93 Å². The Morgan fingerprint density at radius 3 is 2.48 bits per heavy atom. The van der Waals surface area contributed by atoms with Crippen LogP contribution in [0.15, 0.2) is 18.2 Å². The van der Waals surface area contributed by atoms with Crippen LogP contribution in [0, 0.1) is 5.92 Å². The molecule has 0 aromatic heterocycles. The van der Waals surface area contributed by atoms with Crippen LogP contribution in [-0.4, -0.2) is 35.1 Å². The van der Waals surface area contributed by atoms with Gasteiger partial charge in [0.2, 0.25) is 0 Å². The molecule has 2 N–H and O–H groups in total. The Morgan fingerprint density at radius 1 is 1.28 bits per heavy atom. The zero-order valence-corrected chi connectivity index (χ0v) is 17.6. The Morgan fingerprint density at radius 2 is 1.92 bits per heavy atom. The van der Waals surface area contributed by atoms with Gasteiger partial charge in [-0.15, -0.1) is 0 Å². The van der Waals surface area contributed by atoms with Gasteiger partial charge in [-0.3, -0.25) is 0 Å². The van der Waals surface area contributed by atoms with Gasteiger partial charge in [0.05, 0.1) is 15.7 Å².